The van der Waals surface area contributed by atoms with Crippen LogP contribution in [0.2, 0.25) is 5.02 Å². The summed E-state index contributed by atoms with van der Waals surface area (Å²) in [6.07, 6.45) is 1.51. The number of hydrogen-bond acceptors (Lipinski definition) is 2. The van der Waals surface area contributed by atoms with E-state index in [4.69, 9.17) is 11.6 Å². The van der Waals surface area contributed by atoms with Gasteiger partial charge in [0.05, 0.1) is 5.69 Å². The molecule has 3 nitrogen and oxygen atoms in total. The van der Waals surface area contributed by atoms with E-state index in [1.165, 1.54) is 12.3 Å². The molecule has 0 aliphatic rings. The van der Waals surface area contributed by atoms with Crippen molar-refractivity contribution in [1.29, 1.82) is 0 Å². The summed E-state index contributed by atoms with van der Waals surface area (Å²) in [4.78, 5) is 15.8. The van der Waals surface area contributed by atoms with Crippen molar-refractivity contribution >= 4 is 45.8 Å². The number of hydrogen-bond donors (Lipinski definition) is 1. The van der Waals surface area contributed by atoms with Crippen LogP contribution < -0.4 is 5.32 Å². The van der Waals surface area contributed by atoms with E-state index in [2.05, 4.69) is 32.9 Å². The number of carbonyl (C=O) groups excluding carboxylic acids is 1. The molecule has 86 valence electrons. The number of benzene rings is 1. The average Bonchev–Trinajstić information content (AvgIpc) is 2.32. The number of aromatic nitrogens is 1. The van der Waals surface area contributed by atoms with Crippen LogP contribution in [0.25, 0.3) is 0 Å². The van der Waals surface area contributed by atoms with Gasteiger partial charge >= 0.3 is 0 Å². The van der Waals surface area contributed by atoms with Crippen molar-refractivity contribution in [2.24, 2.45) is 0 Å². The molecule has 0 unspecified atom stereocenters. The number of para-hydroxylation sites is 1. The lowest BCUT2D eigenvalue weighted by Gasteiger charge is -2.06. The van der Waals surface area contributed by atoms with Crippen LogP contribution in [0, 0.1) is 3.57 Å². The fourth-order valence-electron chi connectivity index (χ4n) is 1.28. The van der Waals surface area contributed by atoms with E-state index in [-0.39, 0.29) is 5.91 Å². The number of nitrogens with zero attached hydrogens (tertiary/aromatic N) is 1. The van der Waals surface area contributed by atoms with Crippen molar-refractivity contribution < 1.29 is 4.79 Å². The number of pyridine rings is 1. The first-order valence-corrected chi connectivity index (χ1v) is 6.30. The minimum atomic E-state index is -0.267. The molecule has 0 saturated carbocycles. The third kappa shape index (κ3) is 3.17. The maximum absolute atomic E-state index is 11.9. The van der Waals surface area contributed by atoms with Crippen molar-refractivity contribution in [3.05, 3.63) is 56.9 Å². The largest absolute Gasteiger partial charge is 0.320 e. The standard InChI is InChI=1S/C12H8ClIN2O/c13-8-5-6-15-11(7-8)12(17)16-10-4-2-1-3-9(10)14/h1-7H,(H,16,17). The molecule has 0 fully saturated rings. The van der Waals surface area contributed by atoms with Gasteiger partial charge < -0.3 is 5.32 Å². The molecule has 1 aromatic heterocycles. The van der Waals surface area contributed by atoms with Crippen LogP contribution >= 0.6 is 34.2 Å². The number of amides is 1. The van der Waals surface area contributed by atoms with E-state index in [9.17, 15) is 4.79 Å². The van der Waals surface area contributed by atoms with Gasteiger partial charge in [-0.1, -0.05) is 23.7 Å². The van der Waals surface area contributed by atoms with Gasteiger partial charge in [0.1, 0.15) is 5.69 Å². The van der Waals surface area contributed by atoms with Gasteiger partial charge in [-0.3, -0.25) is 9.78 Å². The molecule has 0 aliphatic heterocycles. The van der Waals surface area contributed by atoms with Crippen molar-refractivity contribution in [1.82, 2.24) is 4.98 Å². The number of carbonyl (C=O) groups is 1. The summed E-state index contributed by atoms with van der Waals surface area (Å²) in [6.45, 7) is 0. The zero-order valence-electron chi connectivity index (χ0n) is 8.65. The lowest BCUT2D eigenvalue weighted by molar-refractivity contribution is 0.102. The summed E-state index contributed by atoms with van der Waals surface area (Å²) in [7, 11) is 0. The molecule has 1 amide bonds. The number of anilines is 1. The quantitative estimate of drug-likeness (QED) is 0.834. The zero-order chi connectivity index (χ0) is 12.3. The SMILES string of the molecule is O=C(Nc1ccccc1I)c1cc(Cl)ccn1. The van der Waals surface area contributed by atoms with Crippen LogP contribution in [-0.2, 0) is 0 Å². The second-order valence-corrected chi connectivity index (χ2v) is 4.89. The highest BCUT2D eigenvalue weighted by atomic mass is 127. The van der Waals surface area contributed by atoms with Gasteiger partial charge in [-0.25, -0.2) is 0 Å². The van der Waals surface area contributed by atoms with Crippen LogP contribution in [0.5, 0.6) is 0 Å². The lowest BCUT2D eigenvalue weighted by Crippen LogP contribution is -2.14. The van der Waals surface area contributed by atoms with Crippen molar-refractivity contribution in [2.75, 3.05) is 5.32 Å². The van der Waals surface area contributed by atoms with E-state index in [1.807, 2.05) is 24.3 Å². The Morgan fingerprint density at radius 1 is 1.29 bits per heavy atom. The highest BCUT2D eigenvalue weighted by Crippen LogP contribution is 2.18. The molecule has 0 bridgehead atoms. The maximum Gasteiger partial charge on any atom is 0.274 e. The molecule has 0 atom stereocenters. The molecule has 2 rings (SSSR count). The van der Waals surface area contributed by atoms with Gasteiger partial charge in [-0.15, -0.1) is 0 Å². The van der Waals surface area contributed by atoms with E-state index >= 15 is 0 Å². The Labute approximate surface area is 117 Å². The fourth-order valence-corrected chi connectivity index (χ4v) is 1.96. The first-order valence-electron chi connectivity index (χ1n) is 4.84. The molecule has 2 aromatic rings. The molecule has 0 spiro atoms. The Hall–Kier alpha value is -1.14. The first kappa shape index (κ1) is 12.3. The van der Waals surface area contributed by atoms with Crippen molar-refractivity contribution in [3.63, 3.8) is 0 Å². The monoisotopic (exact) mass is 358 g/mol. The van der Waals surface area contributed by atoms with Crippen LogP contribution in [-0.4, -0.2) is 10.9 Å². The van der Waals surface area contributed by atoms with Gasteiger partial charge in [0.15, 0.2) is 0 Å². The molecular weight excluding hydrogens is 351 g/mol. The molecule has 5 heteroatoms. The smallest absolute Gasteiger partial charge is 0.274 e. The Morgan fingerprint density at radius 3 is 2.76 bits per heavy atom. The van der Waals surface area contributed by atoms with E-state index < -0.39 is 0 Å². The van der Waals surface area contributed by atoms with Crippen LogP contribution in [0.1, 0.15) is 10.5 Å². The molecule has 0 saturated heterocycles. The molecule has 0 aliphatic carbocycles. The summed E-state index contributed by atoms with van der Waals surface area (Å²) in [6, 6.07) is 10.7. The predicted molar refractivity (Wildman–Crippen MR) is 76.4 cm³/mol. The van der Waals surface area contributed by atoms with Gasteiger partial charge in [-0.2, -0.15) is 0 Å². The van der Waals surface area contributed by atoms with Crippen LogP contribution in [0.4, 0.5) is 5.69 Å². The fraction of sp³-hybridized carbons (Fsp3) is 0. The van der Waals surface area contributed by atoms with Crippen molar-refractivity contribution in [2.45, 2.75) is 0 Å². The minimum Gasteiger partial charge on any atom is -0.320 e. The molecule has 1 N–H and O–H groups in total. The maximum atomic E-state index is 11.9. The second-order valence-electron chi connectivity index (χ2n) is 3.29. The van der Waals surface area contributed by atoms with Crippen LogP contribution in [0.3, 0.4) is 0 Å². The summed E-state index contributed by atoms with van der Waals surface area (Å²) in [5.74, 6) is -0.267. The summed E-state index contributed by atoms with van der Waals surface area (Å²) >= 11 is 7.96. The summed E-state index contributed by atoms with van der Waals surface area (Å²) in [5, 5.41) is 3.28. The highest BCUT2D eigenvalue weighted by molar-refractivity contribution is 14.1. The van der Waals surface area contributed by atoms with Gasteiger partial charge in [0.25, 0.3) is 5.91 Å². The Kier molecular flexibility index (Phi) is 3.96. The Balaban J connectivity index is 2.20. The third-order valence-electron chi connectivity index (χ3n) is 2.08. The lowest BCUT2D eigenvalue weighted by atomic mass is 10.3. The topological polar surface area (TPSA) is 42.0 Å². The van der Waals surface area contributed by atoms with Gasteiger partial charge in [-0.05, 0) is 46.9 Å². The molecule has 1 heterocycles. The number of halogens is 2. The second kappa shape index (κ2) is 5.46. The Morgan fingerprint density at radius 2 is 2.06 bits per heavy atom. The predicted octanol–water partition coefficient (Wildman–Crippen LogP) is 3.59. The number of rotatable bonds is 2. The number of nitrogens with one attached hydrogen (secondary N) is 1. The van der Waals surface area contributed by atoms with Gasteiger partial charge in [0.2, 0.25) is 0 Å². The summed E-state index contributed by atoms with van der Waals surface area (Å²) < 4.78 is 0.973. The van der Waals surface area contributed by atoms with E-state index in [0.29, 0.717) is 10.7 Å². The van der Waals surface area contributed by atoms with Crippen molar-refractivity contribution in [3.8, 4) is 0 Å². The molecule has 0 radical (unpaired) electrons. The molecular formula is C12H8ClIN2O. The van der Waals surface area contributed by atoms with E-state index in [0.717, 1.165) is 9.26 Å². The Bertz CT molecular complexity index is 560. The molecule has 1 aromatic carbocycles. The normalized spacial score (nSPS) is 10.0. The zero-order valence-corrected chi connectivity index (χ0v) is 11.6. The molecule has 17 heavy (non-hydrogen) atoms. The van der Waals surface area contributed by atoms with Crippen LogP contribution in [0.15, 0.2) is 42.6 Å². The minimum absolute atomic E-state index is 0.267. The average molecular weight is 359 g/mol. The first-order chi connectivity index (χ1) is 8.16. The highest BCUT2D eigenvalue weighted by Gasteiger charge is 2.09. The van der Waals surface area contributed by atoms with E-state index in [1.54, 1.807) is 6.07 Å². The third-order valence-corrected chi connectivity index (χ3v) is 3.25. The van der Waals surface area contributed by atoms with Gasteiger partial charge in [0, 0.05) is 14.8 Å². The summed E-state index contributed by atoms with van der Waals surface area (Å²) in [5.41, 5.74) is 1.07.